The second kappa shape index (κ2) is 9.80. The molecule has 0 amide bonds. The third-order valence-electron chi connectivity index (χ3n) is 3.51. The summed E-state index contributed by atoms with van der Waals surface area (Å²) in [6.07, 6.45) is 5.58. The van der Waals surface area contributed by atoms with E-state index in [4.69, 9.17) is 9.47 Å². The van der Waals surface area contributed by atoms with Crippen LogP contribution in [0.4, 0.5) is 0 Å². The molecule has 2 unspecified atom stereocenters. The summed E-state index contributed by atoms with van der Waals surface area (Å²) in [6.45, 7) is 9.58. The van der Waals surface area contributed by atoms with E-state index < -0.39 is 17.4 Å². The fourth-order valence-electron chi connectivity index (χ4n) is 2.42. The van der Waals surface area contributed by atoms with Crippen LogP contribution in [0, 0.1) is 11.8 Å². The molecule has 2 atom stereocenters. The third-order valence-corrected chi connectivity index (χ3v) is 3.51. The van der Waals surface area contributed by atoms with Crippen LogP contribution >= 0.6 is 0 Å². The van der Waals surface area contributed by atoms with Gasteiger partial charge >= 0.3 is 11.9 Å². The number of carbonyl (C=O) groups is 2. The van der Waals surface area contributed by atoms with Crippen molar-refractivity contribution in [1.29, 1.82) is 0 Å². The molecule has 4 nitrogen and oxygen atoms in total. The Hall–Kier alpha value is -1.06. The Labute approximate surface area is 129 Å². The van der Waals surface area contributed by atoms with Crippen molar-refractivity contribution in [1.82, 2.24) is 0 Å². The molecule has 0 fully saturated rings. The standard InChI is InChI=1S/C17H32O4/c1-7-9-10-11-12-14(15(18)20-6)13(8-2)16(19)21-17(3,4)5/h13-14H,7-12H2,1-6H3. The van der Waals surface area contributed by atoms with E-state index in [-0.39, 0.29) is 11.9 Å². The molecule has 0 aliphatic heterocycles. The lowest BCUT2D eigenvalue weighted by Crippen LogP contribution is -2.35. The van der Waals surface area contributed by atoms with Crippen molar-refractivity contribution in [2.45, 2.75) is 78.7 Å². The molecule has 0 radical (unpaired) electrons. The highest BCUT2D eigenvalue weighted by molar-refractivity contribution is 5.82. The molecule has 0 aliphatic carbocycles. The summed E-state index contributed by atoms with van der Waals surface area (Å²) in [4.78, 5) is 24.3. The van der Waals surface area contributed by atoms with Gasteiger partial charge in [0, 0.05) is 0 Å². The van der Waals surface area contributed by atoms with Crippen molar-refractivity contribution in [2.24, 2.45) is 11.8 Å². The lowest BCUT2D eigenvalue weighted by atomic mass is 9.85. The van der Waals surface area contributed by atoms with Crippen LogP contribution in [0.15, 0.2) is 0 Å². The predicted octanol–water partition coefficient (Wildman–Crippen LogP) is 4.11. The number of hydrogen-bond acceptors (Lipinski definition) is 4. The molecule has 0 heterocycles. The SMILES string of the molecule is CCCCCCC(C(=O)OC)C(CC)C(=O)OC(C)(C)C. The first-order chi connectivity index (χ1) is 9.76. The third kappa shape index (κ3) is 8.08. The number of esters is 2. The average molecular weight is 300 g/mol. The van der Waals surface area contributed by atoms with Crippen LogP contribution in [0.2, 0.25) is 0 Å². The quantitative estimate of drug-likeness (QED) is 0.475. The minimum Gasteiger partial charge on any atom is -0.469 e. The lowest BCUT2D eigenvalue weighted by molar-refractivity contribution is -0.167. The second-order valence-corrected chi connectivity index (χ2v) is 6.53. The summed E-state index contributed by atoms with van der Waals surface area (Å²) in [5.41, 5.74) is -0.534. The van der Waals surface area contributed by atoms with Gasteiger partial charge in [-0.15, -0.1) is 0 Å². The molecule has 0 rings (SSSR count). The Morgan fingerprint density at radius 3 is 2.00 bits per heavy atom. The highest BCUT2D eigenvalue weighted by Crippen LogP contribution is 2.27. The Kier molecular flexibility index (Phi) is 9.31. The van der Waals surface area contributed by atoms with Crippen LogP contribution in [0.25, 0.3) is 0 Å². The van der Waals surface area contributed by atoms with Gasteiger partial charge in [0.2, 0.25) is 0 Å². The normalized spacial score (nSPS) is 14.4. The number of carbonyl (C=O) groups excluding carboxylic acids is 2. The van der Waals surface area contributed by atoms with E-state index >= 15 is 0 Å². The molecule has 21 heavy (non-hydrogen) atoms. The maximum atomic E-state index is 12.3. The van der Waals surface area contributed by atoms with E-state index in [1.54, 1.807) is 0 Å². The summed E-state index contributed by atoms with van der Waals surface area (Å²) in [5.74, 6) is -1.41. The summed E-state index contributed by atoms with van der Waals surface area (Å²) in [5, 5.41) is 0. The molecular weight excluding hydrogens is 268 g/mol. The Morgan fingerprint density at radius 1 is 0.952 bits per heavy atom. The van der Waals surface area contributed by atoms with Gasteiger partial charge in [-0.05, 0) is 33.6 Å². The zero-order valence-electron chi connectivity index (χ0n) is 14.5. The van der Waals surface area contributed by atoms with Gasteiger partial charge < -0.3 is 9.47 Å². The predicted molar refractivity (Wildman–Crippen MR) is 83.9 cm³/mol. The average Bonchev–Trinajstić information content (AvgIpc) is 2.39. The first-order valence-electron chi connectivity index (χ1n) is 8.07. The number of hydrogen-bond donors (Lipinski definition) is 0. The van der Waals surface area contributed by atoms with Crippen LogP contribution in [-0.4, -0.2) is 24.6 Å². The monoisotopic (exact) mass is 300 g/mol. The lowest BCUT2D eigenvalue weighted by Gasteiger charge is -2.27. The Balaban J connectivity index is 4.82. The maximum absolute atomic E-state index is 12.3. The van der Waals surface area contributed by atoms with Gasteiger partial charge in [-0.2, -0.15) is 0 Å². The van der Waals surface area contributed by atoms with Crippen molar-refractivity contribution >= 4 is 11.9 Å². The maximum Gasteiger partial charge on any atom is 0.310 e. The molecule has 124 valence electrons. The summed E-state index contributed by atoms with van der Waals surface area (Å²) in [7, 11) is 1.38. The van der Waals surface area contributed by atoms with E-state index in [1.165, 1.54) is 7.11 Å². The Bertz CT molecular complexity index is 317. The van der Waals surface area contributed by atoms with E-state index in [9.17, 15) is 9.59 Å². The summed E-state index contributed by atoms with van der Waals surface area (Å²) >= 11 is 0. The zero-order valence-corrected chi connectivity index (χ0v) is 14.5. The highest BCUT2D eigenvalue weighted by Gasteiger charge is 2.35. The molecular formula is C17H32O4. The van der Waals surface area contributed by atoms with Gasteiger partial charge in [-0.25, -0.2) is 0 Å². The van der Waals surface area contributed by atoms with E-state index in [0.717, 1.165) is 25.7 Å². The minimum absolute atomic E-state index is 0.295. The molecule has 0 aromatic rings. The summed E-state index contributed by atoms with van der Waals surface area (Å²) in [6, 6.07) is 0. The van der Waals surface area contributed by atoms with E-state index in [0.29, 0.717) is 12.8 Å². The molecule has 0 saturated carbocycles. The number of ether oxygens (including phenoxy) is 2. The minimum atomic E-state index is -0.534. The van der Waals surface area contributed by atoms with Crippen molar-refractivity contribution in [3.8, 4) is 0 Å². The van der Waals surface area contributed by atoms with E-state index in [1.807, 2.05) is 27.7 Å². The van der Waals surface area contributed by atoms with Crippen molar-refractivity contribution < 1.29 is 19.1 Å². The number of rotatable bonds is 9. The van der Waals surface area contributed by atoms with Gasteiger partial charge in [0.25, 0.3) is 0 Å². The molecule has 0 bridgehead atoms. The topological polar surface area (TPSA) is 52.6 Å². The number of unbranched alkanes of at least 4 members (excludes halogenated alkanes) is 3. The van der Waals surface area contributed by atoms with Crippen molar-refractivity contribution in [3.63, 3.8) is 0 Å². The first kappa shape index (κ1) is 19.9. The molecule has 0 spiro atoms. The zero-order chi connectivity index (χ0) is 16.5. The molecule has 4 heteroatoms. The largest absolute Gasteiger partial charge is 0.469 e. The Morgan fingerprint density at radius 2 is 1.57 bits per heavy atom. The van der Waals surface area contributed by atoms with Gasteiger partial charge in [-0.1, -0.05) is 39.5 Å². The van der Waals surface area contributed by atoms with Gasteiger partial charge in [0.15, 0.2) is 0 Å². The van der Waals surface area contributed by atoms with Gasteiger partial charge in [0.1, 0.15) is 5.60 Å². The molecule has 0 aromatic carbocycles. The highest BCUT2D eigenvalue weighted by atomic mass is 16.6. The van der Waals surface area contributed by atoms with Crippen LogP contribution in [0.1, 0.15) is 73.1 Å². The van der Waals surface area contributed by atoms with Crippen LogP contribution in [0.5, 0.6) is 0 Å². The van der Waals surface area contributed by atoms with Crippen LogP contribution < -0.4 is 0 Å². The van der Waals surface area contributed by atoms with E-state index in [2.05, 4.69) is 6.92 Å². The second-order valence-electron chi connectivity index (χ2n) is 6.53. The summed E-state index contributed by atoms with van der Waals surface area (Å²) < 4.78 is 10.3. The van der Waals surface area contributed by atoms with Crippen molar-refractivity contribution in [2.75, 3.05) is 7.11 Å². The molecule has 0 aromatic heterocycles. The fraction of sp³-hybridized carbons (Fsp3) is 0.882. The van der Waals surface area contributed by atoms with Crippen molar-refractivity contribution in [3.05, 3.63) is 0 Å². The van der Waals surface area contributed by atoms with Gasteiger partial charge in [0.05, 0.1) is 18.9 Å². The molecule has 0 N–H and O–H groups in total. The molecule has 0 saturated heterocycles. The molecule has 0 aliphatic rings. The smallest absolute Gasteiger partial charge is 0.310 e. The number of methoxy groups -OCH3 is 1. The van der Waals surface area contributed by atoms with Crippen LogP contribution in [0.3, 0.4) is 0 Å². The van der Waals surface area contributed by atoms with Gasteiger partial charge in [-0.3, -0.25) is 9.59 Å². The fourth-order valence-corrected chi connectivity index (χ4v) is 2.42. The van der Waals surface area contributed by atoms with Crippen LogP contribution in [-0.2, 0) is 19.1 Å². The first-order valence-corrected chi connectivity index (χ1v) is 8.07.